The summed E-state index contributed by atoms with van der Waals surface area (Å²) < 4.78 is 0.776. The maximum absolute atomic E-state index is 12.0. The van der Waals surface area contributed by atoms with Gasteiger partial charge in [0.05, 0.1) is 12.1 Å². The molecule has 1 aliphatic heterocycles. The Morgan fingerprint density at radius 1 is 1.32 bits per heavy atom. The lowest BCUT2D eigenvalue weighted by molar-refractivity contribution is -0.129. The van der Waals surface area contributed by atoms with E-state index in [2.05, 4.69) is 21.2 Å². The van der Waals surface area contributed by atoms with Gasteiger partial charge in [0, 0.05) is 23.2 Å². The van der Waals surface area contributed by atoms with Gasteiger partial charge in [-0.1, -0.05) is 15.9 Å². The topological polar surface area (TPSA) is 75.4 Å². The van der Waals surface area contributed by atoms with Crippen LogP contribution in [0.2, 0.25) is 0 Å². The SMILES string of the molecule is Nc1ccc(Br)cc1C(=O)NCC(=O)N1CCCC1. The molecule has 3 N–H and O–H groups in total. The smallest absolute Gasteiger partial charge is 0.253 e. The number of nitrogens with one attached hydrogen (secondary N) is 1. The molecule has 1 saturated heterocycles. The second-order valence-electron chi connectivity index (χ2n) is 4.50. The maximum atomic E-state index is 12.0. The van der Waals surface area contributed by atoms with E-state index in [1.165, 1.54) is 0 Å². The Hall–Kier alpha value is -1.56. The predicted octanol–water partition coefficient (Wildman–Crippen LogP) is 1.38. The van der Waals surface area contributed by atoms with Gasteiger partial charge in [0.15, 0.2) is 0 Å². The molecule has 1 aromatic carbocycles. The van der Waals surface area contributed by atoms with Crippen molar-refractivity contribution < 1.29 is 9.59 Å². The van der Waals surface area contributed by atoms with E-state index >= 15 is 0 Å². The van der Waals surface area contributed by atoms with Gasteiger partial charge in [-0.15, -0.1) is 0 Å². The van der Waals surface area contributed by atoms with Gasteiger partial charge in [-0.25, -0.2) is 0 Å². The number of amides is 2. The first-order chi connectivity index (χ1) is 9.08. The minimum absolute atomic E-state index is 0.0186. The molecule has 102 valence electrons. The molecule has 5 nitrogen and oxygen atoms in total. The van der Waals surface area contributed by atoms with Crippen molar-refractivity contribution >= 4 is 33.4 Å². The van der Waals surface area contributed by atoms with Gasteiger partial charge in [0.2, 0.25) is 5.91 Å². The first kappa shape index (κ1) is 13.9. The Bertz CT molecular complexity index is 499. The highest BCUT2D eigenvalue weighted by Crippen LogP contribution is 2.18. The minimum Gasteiger partial charge on any atom is -0.398 e. The second-order valence-corrected chi connectivity index (χ2v) is 5.42. The van der Waals surface area contributed by atoms with Crippen molar-refractivity contribution in [1.82, 2.24) is 10.2 Å². The van der Waals surface area contributed by atoms with Crippen LogP contribution in [0.1, 0.15) is 23.2 Å². The zero-order chi connectivity index (χ0) is 13.8. The largest absolute Gasteiger partial charge is 0.398 e. The number of nitrogen functional groups attached to an aromatic ring is 1. The summed E-state index contributed by atoms with van der Waals surface area (Å²) in [4.78, 5) is 25.5. The number of carbonyl (C=O) groups excluding carboxylic acids is 2. The van der Waals surface area contributed by atoms with E-state index in [9.17, 15) is 9.59 Å². The second kappa shape index (κ2) is 6.06. The van der Waals surface area contributed by atoms with Crippen molar-refractivity contribution in [3.63, 3.8) is 0 Å². The summed E-state index contributed by atoms with van der Waals surface area (Å²) in [6.07, 6.45) is 2.08. The molecular weight excluding hydrogens is 310 g/mol. The van der Waals surface area contributed by atoms with Crippen LogP contribution in [0, 0.1) is 0 Å². The number of hydrogen-bond acceptors (Lipinski definition) is 3. The molecule has 6 heteroatoms. The molecule has 2 amide bonds. The number of carbonyl (C=O) groups is 2. The molecule has 1 aromatic rings. The summed E-state index contributed by atoms with van der Waals surface area (Å²) in [5.41, 5.74) is 6.52. The average Bonchev–Trinajstić information content (AvgIpc) is 2.92. The fourth-order valence-electron chi connectivity index (χ4n) is 2.05. The monoisotopic (exact) mass is 325 g/mol. The molecule has 0 radical (unpaired) electrons. The molecule has 0 unspecified atom stereocenters. The number of anilines is 1. The normalized spacial score (nSPS) is 14.5. The summed E-state index contributed by atoms with van der Waals surface area (Å²) in [5, 5.41) is 2.61. The summed E-state index contributed by atoms with van der Waals surface area (Å²) in [5.74, 6) is -0.370. The number of likely N-dealkylation sites (tertiary alicyclic amines) is 1. The highest BCUT2D eigenvalue weighted by molar-refractivity contribution is 9.10. The number of nitrogens with two attached hydrogens (primary N) is 1. The lowest BCUT2D eigenvalue weighted by Gasteiger charge is -2.15. The third kappa shape index (κ3) is 3.47. The van der Waals surface area contributed by atoms with Gasteiger partial charge >= 0.3 is 0 Å². The van der Waals surface area contributed by atoms with Crippen LogP contribution in [0.5, 0.6) is 0 Å². The number of halogens is 1. The molecule has 0 atom stereocenters. The molecule has 1 aliphatic rings. The van der Waals surface area contributed by atoms with Crippen molar-refractivity contribution in [2.45, 2.75) is 12.8 Å². The van der Waals surface area contributed by atoms with E-state index < -0.39 is 0 Å². The van der Waals surface area contributed by atoms with Gasteiger partial charge in [0.25, 0.3) is 5.91 Å². The van der Waals surface area contributed by atoms with Crippen LogP contribution in [-0.2, 0) is 4.79 Å². The molecule has 0 aliphatic carbocycles. The standard InChI is InChI=1S/C13H16BrN3O2/c14-9-3-4-11(15)10(7-9)13(19)16-8-12(18)17-5-1-2-6-17/h3-4,7H,1-2,5-6,8,15H2,(H,16,19). The van der Waals surface area contributed by atoms with Crippen LogP contribution < -0.4 is 11.1 Å². The summed E-state index contributed by atoms with van der Waals surface area (Å²) >= 11 is 3.29. The van der Waals surface area contributed by atoms with Gasteiger partial charge in [0.1, 0.15) is 0 Å². The van der Waals surface area contributed by atoms with Crippen LogP contribution in [-0.4, -0.2) is 36.3 Å². The number of hydrogen-bond donors (Lipinski definition) is 2. The fraction of sp³-hybridized carbons (Fsp3) is 0.385. The van der Waals surface area contributed by atoms with E-state index in [1.54, 1.807) is 23.1 Å². The first-order valence-electron chi connectivity index (χ1n) is 6.19. The van der Waals surface area contributed by atoms with E-state index in [0.717, 1.165) is 30.4 Å². The Labute approximate surface area is 120 Å². The minimum atomic E-state index is -0.327. The van der Waals surface area contributed by atoms with Crippen molar-refractivity contribution in [2.75, 3.05) is 25.4 Å². The summed E-state index contributed by atoms with van der Waals surface area (Å²) in [6, 6.07) is 5.06. The summed E-state index contributed by atoms with van der Waals surface area (Å²) in [7, 11) is 0. The van der Waals surface area contributed by atoms with Crippen LogP contribution in [0.4, 0.5) is 5.69 Å². The van der Waals surface area contributed by atoms with Gasteiger partial charge in [-0.2, -0.15) is 0 Å². The summed E-state index contributed by atoms with van der Waals surface area (Å²) in [6.45, 7) is 1.59. The van der Waals surface area contributed by atoms with E-state index in [4.69, 9.17) is 5.73 Å². The van der Waals surface area contributed by atoms with Crippen LogP contribution in [0.3, 0.4) is 0 Å². The lowest BCUT2D eigenvalue weighted by Crippen LogP contribution is -2.38. The van der Waals surface area contributed by atoms with Crippen LogP contribution in [0.25, 0.3) is 0 Å². The zero-order valence-electron chi connectivity index (χ0n) is 10.5. The molecule has 1 heterocycles. The van der Waals surface area contributed by atoms with Crippen LogP contribution in [0.15, 0.2) is 22.7 Å². The van der Waals surface area contributed by atoms with Crippen molar-refractivity contribution in [2.24, 2.45) is 0 Å². The highest BCUT2D eigenvalue weighted by Gasteiger charge is 2.19. The molecule has 1 fully saturated rings. The molecule has 0 saturated carbocycles. The average molecular weight is 326 g/mol. The van der Waals surface area contributed by atoms with Crippen molar-refractivity contribution in [3.8, 4) is 0 Å². The third-order valence-electron chi connectivity index (χ3n) is 3.12. The van der Waals surface area contributed by atoms with E-state index in [1.807, 2.05) is 0 Å². The third-order valence-corrected chi connectivity index (χ3v) is 3.61. The Morgan fingerprint density at radius 2 is 2.00 bits per heavy atom. The molecule has 0 aromatic heterocycles. The van der Waals surface area contributed by atoms with Gasteiger partial charge in [-0.3, -0.25) is 9.59 Å². The zero-order valence-corrected chi connectivity index (χ0v) is 12.1. The van der Waals surface area contributed by atoms with Gasteiger partial charge in [-0.05, 0) is 31.0 Å². The molecule has 19 heavy (non-hydrogen) atoms. The quantitative estimate of drug-likeness (QED) is 0.824. The van der Waals surface area contributed by atoms with E-state index in [0.29, 0.717) is 11.3 Å². The Kier molecular flexibility index (Phi) is 4.42. The number of benzene rings is 1. The Balaban J connectivity index is 1.93. The molecular formula is C13H16BrN3O2. The van der Waals surface area contributed by atoms with Crippen LogP contribution >= 0.6 is 15.9 Å². The van der Waals surface area contributed by atoms with Gasteiger partial charge < -0.3 is 16.0 Å². The molecule has 0 spiro atoms. The van der Waals surface area contributed by atoms with Crippen molar-refractivity contribution in [3.05, 3.63) is 28.2 Å². The predicted molar refractivity (Wildman–Crippen MR) is 76.7 cm³/mol. The molecule has 0 bridgehead atoms. The highest BCUT2D eigenvalue weighted by atomic mass is 79.9. The molecule has 2 rings (SSSR count). The fourth-order valence-corrected chi connectivity index (χ4v) is 2.42. The van der Waals surface area contributed by atoms with E-state index in [-0.39, 0.29) is 18.4 Å². The first-order valence-corrected chi connectivity index (χ1v) is 6.98. The number of nitrogens with zero attached hydrogens (tertiary/aromatic N) is 1. The lowest BCUT2D eigenvalue weighted by atomic mass is 10.1. The van der Waals surface area contributed by atoms with Crippen molar-refractivity contribution in [1.29, 1.82) is 0 Å². The maximum Gasteiger partial charge on any atom is 0.253 e. The Morgan fingerprint density at radius 3 is 2.68 bits per heavy atom. The number of rotatable bonds is 3.